The molecule has 0 spiro atoms. The zero-order chi connectivity index (χ0) is 19.8. The largest absolute Gasteiger partial charge is 0.490 e. The van der Waals surface area contributed by atoms with Gasteiger partial charge in [0.1, 0.15) is 5.75 Å². The molecule has 0 radical (unpaired) electrons. The minimum Gasteiger partial charge on any atom is -0.490 e. The molecule has 29 heavy (non-hydrogen) atoms. The first-order chi connectivity index (χ1) is 14.2. The maximum Gasteiger partial charge on any atom is 0.121 e. The first-order valence-electron chi connectivity index (χ1n) is 10.0. The second-order valence-corrected chi connectivity index (χ2v) is 8.57. The molecule has 1 saturated carbocycles. The van der Waals surface area contributed by atoms with E-state index in [1.807, 2.05) is 36.4 Å². The number of nitrogens with zero attached hydrogens (tertiary/aromatic N) is 2. The quantitative estimate of drug-likeness (QED) is 0.783. The third-order valence-electron chi connectivity index (χ3n) is 5.79. The first kappa shape index (κ1) is 18.8. The Morgan fingerprint density at radius 2 is 1.97 bits per heavy atom. The summed E-state index contributed by atoms with van der Waals surface area (Å²) >= 11 is 12.3. The Labute approximate surface area is 179 Å². The number of hydrogen-bond donors (Lipinski definition) is 2. The van der Waals surface area contributed by atoms with Crippen LogP contribution in [0, 0.1) is 5.92 Å². The number of benzene rings is 1. The predicted octanol–water partition coefficient (Wildman–Crippen LogP) is 3.65. The van der Waals surface area contributed by atoms with Crippen LogP contribution < -0.4 is 20.9 Å². The number of ether oxygens (including phenoxy) is 1. The van der Waals surface area contributed by atoms with Crippen molar-refractivity contribution in [1.29, 1.82) is 0 Å². The SMILES string of the molecule is ClC1=CCN=c2c3c([nH]c2=C1)C(C1CCC(Oc2cccc(Cl)c2)CC1)=NNC3. The van der Waals surface area contributed by atoms with Gasteiger partial charge in [0.2, 0.25) is 0 Å². The zero-order valence-electron chi connectivity index (χ0n) is 15.9. The van der Waals surface area contributed by atoms with Crippen molar-refractivity contribution in [2.45, 2.75) is 38.3 Å². The lowest BCUT2D eigenvalue weighted by molar-refractivity contribution is 0.144. The average Bonchev–Trinajstić information content (AvgIpc) is 2.95. The fourth-order valence-corrected chi connectivity index (χ4v) is 4.75. The highest BCUT2D eigenvalue weighted by Gasteiger charge is 2.30. The molecule has 1 aromatic heterocycles. The summed E-state index contributed by atoms with van der Waals surface area (Å²) in [5.41, 5.74) is 6.62. The number of allylic oxidation sites excluding steroid dienone is 1. The summed E-state index contributed by atoms with van der Waals surface area (Å²) in [5, 5.41) is 8.08. The van der Waals surface area contributed by atoms with Crippen LogP contribution in [0.15, 0.2) is 45.5 Å². The van der Waals surface area contributed by atoms with Crippen LogP contribution >= 0.6 is 23.2 Å². The Hall–Kier alpha value is -2.24. The third kappa shape index (κ3) is 3.81. The van der Waals surface area contributed by atoms with E-state index in [9.17, 15) is 0 Å². The van der Waals surface area contributed by atoms with E-state index in [1.54, 1.807) is 0 Å². The van der Waals surface area contributed by atoms with Crippen LogP contribution in [0.3, 0.4) is 0 Å². The van der Waals surface area contributed by atoms with Crippen molar-refractivity contribution in [3.63, 3.8) is 0 Å². The summed E-state index contributed by atoms with van der Waals surface area (Å²) in [6.45, 7) is 1.29. The maximum absolute atomic E-state index is 6.25. The van der Waals surface area contributed by atoms with Crippen molar-refractivity contribution in [3.05, 3.63) is 62.4 Å². The number of rotatable bonds is 3. The molecule has 0 unspecified atom stereocenters. The Kier molecular flexibility index (Phi) is 5.10. The van der Waals surface area contributed by atoms with Gasteiger partial charge in [-0.1, -0.05) is 29.3 Å². The molecule has 3 aliphatic rings. The number of aromatic amines is 1. The summed E-state index contributed by atoms with van der Waals surface area (Å²) in [5.74, 6) is 1.24. The smallest absolute Gasteiger partial charge is 0.121 e. The van der Waals surface area contributed by atoms with Gasteiger partial charge in [0.05, 0.1) is 41.3 Å². The molecule has 2 aliphatic heterocycles. The number of halogens is 2. The van der Waals surface area contributed by atoms with E-state index in [-0.39, 0.29) is 6.10 Å². The molecule has 2 aromatic rings. The molecule has 0 atom stereocenters. The highest BCUT2D eigenvalue weighted by molar-refractivity contribution is 6.34. The lowest BCUT2D eigenvalue weighted by Crippen LogP contribution is -2.33. The van der Waals surface area contributed by atoms with Crippen LogP contribution in [0.25, 0.3) is 6.08 Å². The molecular formula is C22H22Cl2N4O. The molecule has 5 nitrogen and oxygen atoms in total. The van der Waals surface area contributed by atoms with E-state index in [0.29, 0.717) is 24.0 Å². The van der Waals surface area contributed by atoms with Crippen molar-refractivity contribution in [2.75, 3.05) is 6.54 Å². The van der Waals surface area contributed by atoms with Crippen LogP contribution in [0.1, 0.15) is 36.9 Å². The van der Waals surface area contributed by atoms with Crippen LogP contribution in [0.4, 0.5) is 0 Å². The third-order valence-corrected chi connectivity index (χ3v) is 6.29. The fourth-order valence-electron chi connectivity index (χ4n) is 4.39. The Bertz CT molecular complexity index is 1110. The highest BCUT2D eigenvalue weighted by atomic mass is 35.5. The standard InChI is InChI=1S/C22H22Cl2N4O/c23-14-2-1-3-17(10-14)29-16-6-4-13(5-7-16)20-22-18(12-26-28-20)21-19(27-22)11-15(24)8-9-25-21/h1-3,8,10-11,13,16,26-27H,4-7,9,12H2. The van der Waals surface area contributed by atoms with Gasteiger partial charge in [-0.15, -0.1) is 0 Å². The molecule has 5 rings (SSSR count). The minimum absolute atomic E-state index is 0.217. The molecule has 150 valence electrons. The number of hydrazone groups is 1. The van der Waals surface area contributed by atoms with Gasteiger partial charge in [0.15, 0.2) is 0 Å². The van der Waals surface area contributed by atoms with E-state index < -0.39 is 0 Å². The van der Waals surface area contributed by atoms with Crippen molar-refractivity contribution in [3.8, 4) is 5.75 Å². The van der Waals surface area contributed by atoms with Crippen LogP contribution in [-0.2, 0) is 6.54 Å². The van der Waals surface area contributed by atoms with E-state index in [1.165, 1.54) is 5.56 Å². The lowest BCUT2D eigenvalue weighted by Gasteiger charge is -2.30. The van der Waals surface area contributed by atoms with Gasteiger partial charge < -0.3 is 15.1 Å². The second-order valence-electron chi connectivity index (χ2n) is 7.70. The van der Waals surface area contributed by atoms with Crippen LogP contribution in [0.5, 0.6) is 5.75 Å². The highest BCUT2D eigenvalue weighted by Crippen LogP contribution is 2.31. The molecule has 0 bridgehead atoms. The fraction of sp³-hybridized carbons (Fsp3) is 0.364. The van der Waals surface area contributed by atoms with E-state index in [2.05, 4.69) is 15.5 Å². The average molecular weight is 429 g/mol. The molecule has 0 amide bonds. The van der Waals surface area contributed by atoms with Gasteiger partial charge in [-0.2, -0.15) is 5.10 Å². The summed E-state index contributed by atoms with van der Waals surface area (Å²) < 4.78 is 6.14. The van der Waals surface area contributed by atoms with Gasteiger partial charge in [-0.05, 0) is 56.0 Å². The molecule has 0 saturated heterocycles. The molecule has 7 heteroatoms. The predicted molar refractivity (Wildman–Crippen MR) is 116 cm³/mol. The summed E-state index contributed by atoms with van der Waals surface area (Å²) in [6.07, 6.45) is 8.17. The molecule has 1 aliphatic carbocycles. The van der Waals surface area contributed by atoms with Gasteiger partial charge in [0.25, 0.3) is 0 Å². The van der Waals surface area contributed by atoms with Crippen LogP contribution in [-0.4, -0.2) is 23.3 Å². The molecule has 3 heterocycles. The molecule has 1 aromatic carbocycles. The van der Waals surface area contributed by atoms with Crippen molar-refractivity contribution in [2.24, 2.45) is 16.0 Å². The Morgan fingerprint density at radius 3 is 2.79 bits per heavy atom. The van der Waals surface area contributed by atoms with Crippen LogP contribution in [0.2, 0.25) is 5.02 Å². The normalized spacial score (nSPS) is 23.2. The summed E-state index contributed by atoms with van der Waals surface area (Å²) in [6, 6.07) is 7.62. The second kappa shape index (κ2) is 7.88. The number of fused-ring (bicyclic) bond motifs is 3. The van der Waals surface area contributed by atoms with Gasteiger partial charge in [0, 0.05) is 21.5 Å². The van der Waals surface area contributed by atoms with Crippen molar-refractivity contribution in [1.82, 2.24) is 10.4 Å². The summed E-state index contributed by atoms with van der Waals surface area (Å²) in [7, 11) is 0. The molecular weight excluding hydrogens is 407 g/mol. The number of aromatic nitrogens is 1. The van der Waals surface area contributed by atoms with Crippen molar-refractivity contribution < 1.29 is 4.74 Å². The number of H-pyrrole nitrogens is 1. The Balaban J connectivity index is 1.33. The Morgan fingerprint density at radius 1 is 1.10 bits per heavy atom. The van der Waals surface area contributed by atoms with E-state index in [4.69, 9.17) is 32.9 Å². The monoisotopic (exact) mass is 428 g/mol. The zero-order valence-corrected chi connectivity index (χ0v) is 17.4. The summed E-state index contributed by atoms with van der Waals surface area (Å²) in [4.78, 5) is 8.24. The maximum atomic E-state index is 6.25. The van der Waals surface area contributed by atoms with Gasteiger partial charge in [-0.25, -0.2) is 0 Å². The topological polar surface area (TPSA) is 61.8 Å². The molecule has 2 N–H and O–H groups in total. The lowest BCUT2D eigenvalue weighted by atomic mass is 9.82. The van der Waals surface area contributed by atoms with Gasteiger partial charge >= 0.3 is 0 Å². The minimum atomic E-state index is 0.217. The first-order valence-corrected chi connectivity index (χ1v) is 10.8. The number of hydrogen-bond acceptors (Lipinski definition) is 4. The van der Waals surface area contributed by atoms with Crippen molar-refractivity contribution >= 4 is 35.0 Å². The van der Waals surface area contributed by atoms with Gasteiger partial charge in [-0.3, -0.25) is 4.99 Å². The number of nitrogens with one attached hydrogen (secondary N) is 2. The molecule has 1 fully saturated rings. The van der Waals surface area contributed by atoms with E-state index in [0.717, 1.165) is 58.6 Å². The van der Waals surface area contributed by atoms with E-state index >= 15 is 0 Å².